The Bertz CT molecular complexity index is 446. The van der Waals surface area contributed by atoms with Crippen LogP contribution >= 0.6 is 0 Å². The SMILES string of the molecule is C[C@H]1[C@@H](O)CC(=O)N1C(=O)OCc1ccccc1. The molecule has 0 saturated carbocycles. The van der Waals surface area contributed by atoms with Gasteiger partial charge in [-0.25, -0.2) is 9.69 Å². The second kappa shape index (κ2) is 5.18. The monoisotopic (exact) mass is 249 g/mol. The molecule has 1 saturated heterocycles. The molecule has 1 heterocycles. The summed E-state index contributed by atoms with van der Waals surface area (Å²) < 4.78 is 5.06. The van der Waals surface area contributed by atoms with Crippen molar-refractivity contribution in [2.75, 3.05) is 0 Å². The standard InChI is InChI=1S/C13H15NO4/c1-9-11(15)7-12(16)14(9)13(17)18-8-10-5-3-2-4-6-10/h2-6,9,11,15H,7-8H2,1H3/t9-,11-/m0/s1. The van der Waals surface area contributed by atoms with Crippen LogP contribution in [0, 0.1) is 0 Å². The lowest BCUT2D eigenvalue weighted by Gasteiger charge is -2.20. The van der Waals surface area contributed by atoms with E-state index >= 15 is 0 Å². The van der Waals surface area contributed by atoms with Crippen LogP contribution in [0.2, 0.25) is 0 Å². The van der Waals surface area contributed by atoms with Crippen molar-refractivity contribution in [2.24, 2.45) is 0 Å². The molecule has 18 heavy (non-hydrogen) atoms. The van der Waals surface area contributed by atoms with Crippen LogP contribution < -0.4 is 0 Å². The van der Waals surface area contributed by atoms with E-state index in [1.54, 1.807) is 6.92 Å². The lowest BCUT2D eigenvalue weighted by molar-refractivity contribution is -0.127. The maximum absolute atomic E-state index is 11.8. The molecule has 0 aromatic heterocycles. The summed E-state index contributed by atoms with van der Waals surface area (Å²) in [6.07, 6.45) is -1.53. The second-order valence-corrected chi connectivity index (χ2v) is 4.32. The fourth-order valence-corrected chi connectivity index (χ4v) is 1.90. The van der Waals surface area contributed by atoms with Crippen LogP contribution in [-0.4, -0.2) is 34.2 Å². The third-order valence-electron chi connectivity index (χ3n) is 3.02. The zero-order valence-electron chi connectivity index (χ0n) is 10.1. The minimum atomic E-state index is -0.804. The Morgan fingerprint density at radius 2 is 2.11 bits per heavy atom. The largest absolute Gasteiger partial charge is 0.444 e. The Morgan fingerprint density at radius 1 is 1.44 bits per heavy atom. The van der Waals surface area contributed by atoms with Crippen LogP contribution in [0.5, 0.6) is 0 Å². The van der Waals surface area contributed by atoms with Gasteiger partial charge in [-0.3, -0.25) is 4.79 Å². The summed E-state index contributed by atoms with van der Waals surface area (Å²) in [5, 5.41) is 9.50. The minimum absolute atomic E-state index is 0.0262. The number of benzene rings is 1. The quantitative estimate of drug-likeness (QED) is 0.858. The maximum atomic E-state index is 11.8. The zero-order valence-corrected chi connectivity index (χ0v) is 10.1. The van der Waals surface area contributed by atoms with Crippen molar-refractivity contribution >= 4 is 12.0 Å². The molecule has 5 heteroatoms. The van der Waals surface area contributed by atoms with E-state index in [1.165, 1.54) is 0 Å². The highest BCUT2D eigenvalue weighted by Gasteiger charge is 2.40. The van der Waals surface area contributed by atoms with Gasteiger partial charge in [0.25, 0.3) is 0 Å². The number of hydrogen-bond acceptors (Lipinski definition) is 4. The van der Waals surface area contributed by atoms with E-state index in [0.717, 1.165) is 10.5 Å². The van der Waals surface area contributed by atoms with Crippen molar-refractivity contribution in [1.82, 2.24) is 4.90 Å². The molecule has 1 aliphatic heterocycles. The van der Waals surface area contributed by atoms with Gasteiger partial charge in [0.05, 0.1) is 18.6 Å². The van der Waals surface area contributed by atoms with Crippen LogP contribution in [0.1, 0.15) is 18.9 Å². The molecule has 2 atom stereocenters. The van der Waals surface area contributed by atoms with Crippen molar-refractivity contribution in [2.45, 2.75) is 32.1 Å². The molecular weight excluding hydrogens is 234 g/mol. The summed E-state index contributed by atoms with van der Waals surface area (Å²) in [6, 6.07) is 8.69. The lowest BCUT2D eigenvalue weighted by Crippen LogP contribution is -2.39. The number of ether oxygens (including phenoxy) is 1. The van der Waals surface area contributed by atoms with Crippen LogP contribution in [0.25, 0.3) is 0 Å². The van der Waals surface area contributed by atoms with E-state index in [0.29, 0.717) is 0 Å². The van der Waals surface area contributed by atoms with Gasteiger partial charge in [-0.2, -0.15) is 0 Å². The molecule has 96 valence electrons. The van der Waals surface area contributed by atoms with Gasteiger partial charge in [0.1, 0.15) is 6.61 Å². The lowest BCUT2D eigenvalue weighted by atomic mass is 10.2. The number of carbonyl (C=O) groups is 2. The molecule has 1 aromatic rings. The molecule has 2 amide bonds. The number of rotatable bonds is 2. The summed E-state index contributed by atoms with van der Waals surface area (Å²) in [5.74, 6) is -0.395. The van der Waals surface area contributed by atoms with Crippen molar-refractivity contribution in [3.05, 3.63) is 35.9 Å². The molecule has 0 radical (unpaired) electrons. The number of aliphatic hydroxyl groups is 1. The number of nitrogens with zero attached hydrogens (tertiary/aromatic N) is 1. The Morgan fingerprint density at radius 3 is 2.67 bits per heavy atom. The first-order valence-electron chi connectivity index (χ1n) is 5.80. The van der Waals surface area contributed by atoms with Crippen molar-refractivity contribution in [3.8, 4) is 0 Å². The molecular formula is C13H15NO4. The average molecular weight is 249 g/mol. The molecule has 0 unspecified atom stereocenters. The van der Waals surface area contributed by atoms with Gasteiger partial charge in [-0.05, 0) is 12.5 Å². The third kappa shape index (κ3) is 2.51. The van der Waals surface area contributed by atoms with Crippen molar-refractivity contribution in [3.63, 3.8) is 0 Å². The van der Waals surface area contributed by atoms with Gasteiger partial charge in [0.15, 0.2) is 0 Å². The molecule has 1 aliphatic rings. The van der Waals surface area contributed by atoms with Gasteiger partial charge >= 0.3 is 6.09 Å². The van der Waals surface area contributed by atoms with Gasteiger partial charge in [-0.1, -0.05) is 30.3 Å². The number of hydrogen-bond donors (Lipinski definition) is 1. The zero-order chi connectivity index (χ0) is 13.1. The van der Waals surface area contributed by atoms with E-state index in [4.69, 9.17) is 4.74 Å². The summed E-state index contributed by atoms with van der Waals surface area (Å²) >= 11 is 0. The molecule has 0 aliphatic carbocycles. The maximum Gasteiger partial charge on any atom is 0.417 e. The van der Waals surface area contributed by atoms with E-state index in [1.807, 2.05) is 30.3 Å². The van der Waals surface area contributed by atoms with Gasteiger partial charge in [0.2, 0.25) is 5.91 Å². The number of imide groups is 1. The summed E-state index contributed by atoms with van der Waals surface area (Å²) in [7, 11) is 0. The number of aliphatic hydroxyl groups excluding tert-OH is 1. The van der Waals surface area contributed by atoms with Gasteiger partial charge in [0, 0.05) is 0 Å². The first-order chi connectivity index (χ1) is 8.59. The molecule has 5 nitrogen and oxygen atoms in total. The van der Waals surface area contributed by atoms with Crippen molar-refractivity contribution < 1.29 is 19.4 Å². The number of likely N-dealkylation sites (tertiary alicyclic amines) is 1. The number of carbonyl (C=O) groups excluding carboxylic acids is 2. The Kier molecular flexibility index (Phi) is 3.62. The summed E-state index contributed by atoms with van der Waals surface area (Å²) in [5.41, 5.74) is 0.852. The Labute approximate surface area is 105 Å². The Balaban J connectivity index is 1.94. The van der Waals surface area contributed by atoms with Crippen LogP contribution in [0.3, 0.4) is 0 Å². The Hall–Kier alpha value is -1.88. The van der Waals surface area contributed by atoms with E-state index in [9.17, 15) is 14.7 Å². The molecule has 1 fully saturated rings. The average Bonchev–Trinajstić information content (AvgIpc) is 2.62. The van der Waals surface area contributed by atoms with E-state index in [2.05, 4.69) is 0 Å². The van der Waals surface area contributed by atoms with E-state index < -0.39 is 24.1 Å². The fraction of sp³-hybridized carbons (Fsp3) is 0.385. The topological polar surface area (TPSA) is 66.8 Å². The first kappa shape index (κ1) is 12.6. The predicted molar refractivity (Wildman–Crippen MR) is 63.6 cm³/mol. The van der Waals surface area contributed by atoms with Crippen LogP contribution in [-0.2, 0) is 16.1 Å². The molecule has 1 N–H and O–H groups in total. The highest BCUT2D eigenvalue weighted by molar-refractivity contribution is 5.94. The van der Waals surface area contributed by atoms with Gasteiger partial charge in [-0.15, -0.1) is 0 Å². The minimum Gasteiger partial charge on any atom is -0.444 e. The highest BCUT2D eigenvalue weighted by atomic mass is 16.6. The van der Waals surface area contributed by atoms with Crippen molar-refractivity contribution in [1.29, 1.82) is 0 Å². The molecule has 0 spiro atoms. The highest BCUT2D eigenvalue weighted by Crippen LogP contribution is 2.20. The third-order valence-corrected chi connectivity index (χ3v) is 3.02. The van der Waals surface area contributed by atoms with Crippen LogP contribution in [0.4, 0.5) is 4.79 Å². The fourth-order valence-electron chi connectivity index (χ4n) is 1.90. The summed E-state index contributed by atoms with van der Waals surface area (Å²) in [6.45, 7) is 1.74. The first-order valence-corrected chi connectivity index (χ1v) is 5.80. The second-order valence-electron chi connectivity index (χ2n) is 4.32. The van der Waals surface area contributed by atoms with Gasteiger partial charge < -0.3 is 9.84 Å². The van der Waals surface area contributed by atoms with E-state index in [-0.39, 0.29) is 13.0 Å². The smallest absolute Gasteiger partial charge is 0.417 e. The molecule has 2 rings (SSSR count). The van der Waals surface area contributed by atoms with Crippen LogP contribution in [0.15, 0.2) is 30.3 Å². The molecule has 0 bridgehead atoms. The normalized spacial score (nSPS) is 23.2. The summed E-state index contributed by atoms with van der Waals surface area (Å²) in [4.78, 5) is 24.2. The molecule has 1 aromatic carbocycles. The predicted octanol–water partition coefficient (Wildman–Crippen LogP) is 1.30. The number of amides is 2.